The zero-order valence-corrected chi connectivity index (χ0v) is 19.4. The normalized spacial score (nSPS) is 13.3. The standard InChI is InChI=1S/C27H19FN8O/c28-20-11-16(17-9-18(13-30-12-17)32-27(37)15-1-2-15)10-19-23(20)35-36-24(19)26-33-21-5-8-31-22(25(21)34-26)14-3-6-29-7-4-14/h3-13,15H,1-2H2,(H,32,37)(H,33,34)(H,35,36). The number of H-pyrrole nitrogens is 2. The molecule has 3 N–H and O–H groups in total. The lowest BCUT2D eigenvalue weighted by Crippen LogP contribution is -2.13. The molecule has 1 aliphatic carbocycles. The maximum Gasteiger partial charge on any atom is 0.227 e. The monoisotopic (exact) mass is 490 g/mol. The second kappa shape index (κ2) is 8.30. The number of halogens is 1. The molecule has 0 spiro atoms. The van der Waals surface area contributed by atoms with E-state index in [1.807, 2.05) is 24.3 Å². The SMILES string of the molecule is O=C(Nc1cncc(-c2cc(F)c3n[nH]c(-c4nc5c(-c6ccncc6)nccc5[nH]4)c3c2)c1)C1CC1. The second-order valence-electron chi connectivity index (χ2n) is 9.06. The first-order valence-electron chi connectivity index (χ1n) is 11.8. The van der Waals surface area contributed by atoms with E-state index in [0.29, 0.717) is 44.9 Å². The van der Waals surface area contributed by atoms with E-state index < -0.39 is 5.82 Å². The number of carbonyl (C=O) groups excluding carboxylic acids is 1. The Bertz CT molecular complexity index is 1810. The van der Waals surface area contributed by atoms with Crippen molar-refractivity contribution in [3.8, 4) is 33.9 Å². The zero-order chi connectivity index (χ0) is 24.9. The molecule has 0 bridgehead atoms. The van der Waals surface area contributed by atoms with E-state index in [0.717, 1.165) is 23.9 Å². The first-order chi connectivity index (χ1) is 18.1. The minimum atomic E-state index is -0.474. The molecule has 0 unspecified atom stereocenters. The third-order valence-electron chi connectivity index (χ3n) is 6.49. The van der Waals surface area contributed by atoms with Gasteiger partial charge < -0.3 is 10.3 Å². The number of anilines is 1. The molecule has 0 radical (unpaired) electrons. The van der Waals surface area contributed by atoms with Gasteiger partial charge in [-0.1, -0.05) is 0 Å². The molecule has 0 saturated heterocycles. The molecule has 1 amide bonds. The number of pyridine rings is 3. The third kappa shape index (κ3) is 3.79. The van der Waals surface area contributed by atoms with E-state index in [4.69, 9.17) is 4.98 Å². The van der Waals surface area contributed by atoms with Gasteiger partial charge in [0.15, 0.2) is 11.6 Å². The van der Waals surface area contributed by atoms with Crippen molar-refractivity contribution in [3.63, 3.8) is 0 Å². The number of benzene rings is 1. The summed E-state index contributed by atoms with van der Waals surface area (Å²) in [6, 6.07) is 10.6. The zero-order valence-electron chi connectivity index (χ0n) is 19.4. The fourth-order valence-electron chi connectivity index (χ4n) is 4.45. The molecule has 1 aromatic carbocycles. The molecule has 0 aliphatic heterocycles. The highest BCUT2D eigenvalue weighted by Gasteiger charge is 2.29. The van der Waals surface area contributed by atoms with Gasteiger partial charge >= 0.3 is 0 Å². The number of amides is 1. The van der Waals surface area contributed by atoms with Gasteiger partial charge in [-0.3, -0.25) is 24.8 Å². The summed E-state index contributed by atoms with van der Waals surface area (Å²) in [5.41, 5.74) is 5.71. The summed E-state index contributed by atoms with van der Waals surface area (Å²) in [6.07, 6.45) is 10.2. The van der Waals surface area contributed by atoms with Crippen molar-refractivity contribution in [2.45, 2.75) is 12.8 Å². The van der Waals surface area contributed by atoms with Crippen LogP contribution in [0, 0.1) is 11.7 Å². The molecule has 37 heavy (non-hydrogen) atoms. The van der Waals surface area contributed by atoms with Crippen LogP contribution in [-0.4, -0.2) is 41.0 Å². The summed E-state index contributed by atoms with van der Waals surface area (Å²) in [5.74, 6) is 0.103. The number of aromatic nitrogens is 7. The first kappa shape index (κ1) is 21.3. The smallest absolute Gasteiger partial charge is 0.227 e. The van der Waals surface area contributed by atoms with Crippen molar-refractivity contribution in [1.82, 2.24) is 35.1 Å². The highest BCUT2D eigenvalue weighted by atomic mass is 19.1. The minimum Gasteiger partial charge on any atom is -0.337 e. The lowest BCUT2D eigenvalue weighted by Gasteiger charge is -2.07. The molecule has 6 aromatic rings. The van der Waals surface area contributed by atoms with Gasteiger partial charge in [-0.05, 0) is 54.8 Å². The highest BCUT2D eigenvalue weighted by molar-refractivity contribution is 5.98. The minimum absolute atomic E-state index is 0.0109. The number of rotatable bonds is 5. The van der Waals surface area contributed by atoms with Gasteiger partial charge in [-0.15, -0.1) is 0 Å². The molecule has 5 aromatic heterocycles. The molecule has 9 nitrogen and oxygen atoms in total. The third-order valence-corrected chi connectivity index (χ3v) is 6.49. The van der Waals surface area contributed by atoms with Crippen molar-refractivity contribution in [2.75, 3.05) is 5.32 Å². The van der Waals surface area contributed by atoms with Gasteiger partial charge in [-0.2, -0.15) is 5.10 Å². The van der Waals surface area contributed by atoms with Gasteiger partial charge in [-0.25, -0.2) is 9.37 Å². The number of aromatic amines is 2. The van der Waals surface area contributed by atoms with Crippen molar-refractivity contribution in [2.24, 2.45) is 5.92 Å². The molecular formula is C27H19FN8O. The maximum atomic E-state index is 15.2. The Kier molecular flexibility index (Phi) is 4.78. The van der Waals surface area contributed by atoms with Crippen LogP contribution in [0.2, 0.25) is 0 Å². The van der Waals surface area contributed by atoms with Gasteiger partial charge in [0.1, 0.15) is 16.7 Å². The number of fused-ring (bicyclic) bond motifs is 2. The van der Waals surface area contributed by atoms with Crippen molar-refractivity contribution >= 4 is 33.5 Å². The predicted octanol–water partition coefficient (Wildman–Crippen LogP) is 5.11. The number of hydrogen-bond acceptors (Lipinski definition) is 6. The summed E-state index contributed by atoms with van der Waals surface area (Å²) in [6.45, 7) is 0. The second-order valence-corrected chi connectivity index (χ2v) is 9.06. The Labute approximate surface area is 209 Å². The van der Waals surface area contributed by atoms with Crippen LogP contribution in [0.4, 0.5) is 10.1 Å². The van der Waals surface area contributed by atoms with Crippen molar-refractivity contribution in [3.05, 3.63) is 73.2 Å². The number of nitrogens with zero attached hydrogens (tertiary/aromatic N) is 5. The van der Waals surface area contributed by atoms with E-state index in [2.05, 4.69) is 35.5 Å². The summed E-state index contributed by atoms with van der Waals surface area (Å²) in [7, 11) is 0. The maximum absolute atomic E-state index is 15.2. The van der Waals surface area contributed by atoms with Crippen LogP contribution < -0.4 is 5.32 Å². The largest absolute Gasteiger partial charge is 0.337 e. The molecule has 0 atom stereocenters. The van der Waals surface area contributed by atoms with Gasteiger partial charge in [0.05, 0.1) is 23.1 Å². The summed E-state index contributed by atoms with van der Waals surface area (Å²) >= 11 is 0. The van der Waals surface area contributed by atoms with E-state index in [-0.39, 0.29) is 17.3 Å². The predicted molar refractivity (Wildman–Crippen MR) is 137 cm³/mol. The number of imidazole rings is 1. The van der Waals surface area contributed by atoms with Crippen LogP contribution >= 0.6 is 0 Å². The van der Waals surface area contributed by atoms with E-state index in [1.165, 1.54) is 6.07 Å². The Balaban J connectivity index is 1.31. The van der Waals surface area contributed by atoms with Crippen LogP contribution in [0.5, 0.6) is 0 Å². The average molecular weight is 491 g/mol. The molecule has 1 saturated carbocycles. The van der Waals surface area contributed by atoms with Crippen LogP contribution in [-0.2, 0) is 4.79 Å². The number of carbonyl (C=O) groups is 1. The quantitative estimate of drug-likeness (QED) is 0.308. The van der Waals surface area contributed by atoms with Crippen LogP contribution in [0.3, 0.4) is 0 Å². The number of hydrogen-bond donors (Lipinski definition) is 3. The van der Waals surface area contributed by atoms with Gasteiger partial charge in [0, 0.05) is 47.2 Å². The molecule has 1 aliphatic rings. The molecule has 1 fully saturated rings. The molecule has 5 heterocycles. The van der Waals surface area contributed by atoms with Crippen LogP contribution in [0.25, 0.3) is 55.8 Å². The Morgan fingerprint density at radius 2 is 1.81 bits per heavy atom. The summed E-state index contributed by atoms with van der Waals surface area (Å²) in [4.78, 5) is 33.1. The van der Waals surface area contributed by atoms with Gasteiger partial charge in [0.2, 0.25) is 5.91 Å². The van der Waals surface area contributed by atoms with Crippen molar-refractivity contribution in [1.29, 1.82) is 0 Å². The van der Waals surface area contributed by atoms with Gasteiger partial charge in [0.25, 0.3) is 0 Å². The molecular weight excluding hydrogens is 471 g/mol. The van der Waals surface area contributed by atoms with Crippen LogP contribution in [0.15, 0.2) is 67.4 Å². The molecule has 10 heteroatoms. The first-order valence-corrected chi connectivity index (χ1v) is 11.8. The number of nitrogens with one attached hydrogen (secondary N) is 3. The summed E-state index contributed by atoms with van der Waals surface area (Å²) in [5, 5.41) is 10.6. The van der Waals surface area contributed by atoms with E-state index in [9.17, 15) is 4.79 Å². The van der Waals surface area contributed by atoms with Crippen LogP contribution in [0.1, 0.15) is 12.8 Å². The van der Waals surface area contributed by atoms with E-state index >= 15 is 4.39 Å². The fraction of sp³-hybridized carbons (Fsp3) is 0.111. The Morgan fingerprint density at radius 1 is 0.946 bits per heavy atom. The lowest BCUT2D eigenvalue weighted by molar-refractivity contribution is -0.117. The molecule has 7 rings (SSSR count). The summed E-state index contributed by atoms with van der Waals surface area (Å²) < 4.78 is 15.2. The highest BCUT2D eigenvalue weighted by Crippen LogP contribution is 2.34. The van der Waals surface area contributed by atoms with Crippen molar-refractivity contribution < 1.29 is 9.18 Å². The average Bonchev–Trinajstić information content (AvgIpc) is 3.55. The Hall–Kier alpha value is -4.99. The lowest BCUT2D eigenvalue weighted by atomic mass is 10.0. The topological polar surface area (TPSA) is 125 Å². The fourth-order valence-corrected chi connectivity index (χ4v) is 4.45. The molecule has 180 valence electrons. The Morgan fingerprint density at radius 3 is 2.65 bits per heavy atom. The van der Waals surface area contributed by atoms with E-state index in [1.54, 1.807) is 37.1 Å².